The summed E-state index contributed by atoms with van der Waals surface area (Å²) in [5.74, 6) is 1.11. The fourth-order valence-corrected chi connectivity index (χ4v) is 3.20. The number of hydrogen-bond donors (Lipinski definition) is 1. The quantitative estimate of drug-likeness (QED) is 0.737. The average Bonchev–Trinajstić information content (AvgIpc) is 2.87. The van der Waals surface area contributed by atoms with Crippen molar-refractivity contribution < 1.29 is 0 Å². The zero-order valence-electron chi connectivity index (χ0n) is 11.7. The molecule has 0 amide bonds. The maximum Gasteiger partial charge on any atom is 0.110 e. The van der Waals surface area contributed by atoms with E-state index in [1.54, 1.807) is 0 Å². The lowest BCUT2D eigenvalue weighted by Gasteiger charge is -2.19. The summed E-state index contributed by atoms with van der Waals surface area (Å²) in [5, 5.41) is 4.15. The van der Waals surface area contributed by atoms with E-state index in [1.165, 1.54) is 9.13 Å². The molecule has 0 saturated carbocycles. The van der Waals surface area contributed by atoms with Crippen molar-refractivity contribution in [2.75, 3.05) is 7.05 Å². The van der Waals surface area contributed by atoms with E-state index in [4.69, 9.17) is 11.6 Å². The maximum atomic E-state index is 6.13. The molecule has 0 fully saturated rings. The Hall–Kier alpha value is -0.590. The van der Waals surface area contributed by atoms with Gasteiger partial charge in [-0.3, -0.25) is 0 Å². The van der Waals surface area contributed by atoms with Crippen LogP contribution in [-0.4, -0.2) is 16.6 Å². The second kappa shape index (κ2) is 7.43. The summed E-state index contributed by atoms with van der Waals surface area (Å²) in [6.45, 7) is 3.19. The average molecular weight is 404 g/mol. The van der Waals surface area contributed by atoms with E-state index < -0.39 is 0 Å². The highest BCUT2D eigenvalue weighted by molar-refractivity contribution is 14.1. The first kappa shape index (κ1) is 15.8. The van der Waals surface area contributed by atoms with Crippen molar-refractivity contribution in [3.63, 3.8) is 0 Å². The van der Waals surface area contributed by atoms with E-state index in [2.05, 4.69) is 56.6 Å². The zero-order valence-corrected chi connectivity index (χ0v) is 14.6. The number of nitrogens with zero attached hydrogens (tertiary/aromatic N) is 2. The third-order valence-corrected chi connectivity index (χ3v) is 4.55. The minimum Gasteiger partial charge on any atom is -0.335 e. The molecule has 1 aromatic carbocycles. The lowest BCUT2D eigenvalue weighted by atomic mass is 10.0. The molecule has 2 rings (SSSR count). The molecule has 1 unspecified atom stereocenters. The van der Waals surface area contributed by atoms with Gasteiger partial charge in [0.15, 0.2) is 0 Å². The first-order chi connectivity index (χ1) is 9.65. The van der Waals surface area contributed by atoms with Gasteiger partial charge in [-0.15, -0.1) is 0 Å². The molecule has 0 saturated heterocycles. The van der Waals surface area contributed by atoms with Crippen LogP contribution in [0.1, 0.15) is 30.8 Å². The Morgan fingerprint density at radius 2 is 2.25 bits per heavy atom. The Kier molecular flexibility index (Phi) is 5.86. The summed E-state index contributed by atoms with van der Waals surface area (Å²) in [6.07, 6.45) is 5.90. The summed E-state index contributed by atoms with van der Waals surface area (Å²) >= 11 is 8.49. The zero-order chi connectivity index (χ0) is 14.5. The highest BCUT2D eigenvalue weighted by Gasteiger charge is 2.16. The van der Waals surface area contributed by atoms with E-state index in [1.807, 2.05) is 25.4 Å². The Labute approximate surface area is 138 Å². The second-order valence-corrected chi connectivity index (χ2v) is 6.35. The minimum atomic E-state index is 0.221. The molecule has 1 N–H and O–H groups in total. The lowest BCUT2D eigenvalue weighted by molar-refractivity contribution is 0.541. The van der Waals surface area contributed by atoms with Gasteiger partial charge in [0.2, 0.25) is 0 Å². The predicted octanol–water partition coefficient (Wildman–Crippen LogP) is 4.05. The van der Waals surface area contributed by atoms with Gasteiger partial charge in [-0.2, -0.15) is 0 Å². The van der Waals surface area contributed by atoms with Crippen molar-refractivity contribution in [2.24, 2.45) is 0 Å². The molecule has 1 aromatic heterocycles. The van der Waals surface area contributed by atoms with Gasteiger partial charge in [0.1, 0.15) is 5.82 Å². The summed E-state index contributed by atoms with van der Waals surface area (Å²) in [7, 11) is 1.98. The summed E-state index contributed by atoms with van der Waals surface area (Å²) in [5.41, 5.74) is 1.23. The number of nitrogens with one attached hydrogen (secondary N) is 1. The monoisotopic (exact) mass is 403 g/mol. The molecule has 5 heteroatoms. The van der Waals surface area contributed by atoms with Crippen LogP contribution < -0.4 is 5.32 Å². The van der Waals surface area contributed by atoms with Gasteiger partial charge < -0.3 is 9.88 Å². The van der Waals surface area contributed by atoms with Crippen LogP contribution in [0, 0.1) is 3.57 Å². The van der Waals surface area contributed by atoms with E-state index >= 15 is 0 Å². The van der Waals surface area contributed by atoms with E-state index in [9.17, 15) is 0 Å². The molecule has 0 aliphatic carbocycles. The smallest absolute Gasteiger partial charge is 0.110 e. The van der Waals surface area contributed by atoms with Crippen LogP contribution in [0.3, 0.4) is 0 Å². The standard InChI is InChI=1S/C15H19ClIN3/c1-3-7-20-8-6-19-15(20)10-14(18-2)12-9-11(16)4-5-13(12)17/h4-6,8-9,14,18H,3,7,10H2,1-2H3. The van der Waals surface area contributed by atoms with Crippen molar-refractivity contribution in [2.45, 2.75) is 32.4 Å². The van der Waals surface area contributed by atoms with Crippen LogP contribution in [0.4, 0.5) is 0 Å². The van der Waals surface area contributed by atoms with Gasteiger partial charge in [-0.25, -0.2) is 4.98 Å². The maximum absolute atomic E-state index is 6.13. The first-order valence-corrected chi connectivity index (χ1v) is 8.23. The topological polar surface area (TPSA) is 29.9 Å². The minimum absolute atomic E-state index is 0.221. The van der Waals surface area contributed by atoms with Gasteiger partial charge >= 0.3 is 0 Å². The fourth-order valence-electron chi connectivity index (χ4n) is 2.31. The van der Waals surface area contributed by atoms with Gasteiger partial charge in [0.05, 0.1) is 0 Å². The van der Waals surface area contributed by atoms with Crippen molar-refractivity contribution in [1.82, 2.24) is 14.9 Å². The largest absolute Gasteiger partial charge is 0.335 e. The van der Waals surface area contributed by atoms with Crippen LogP contribution in [0.25, 0.3) is 0 Å². The van der Waals surface area contributed by atoms with Crippen molar-refractivity contribution in [3.8, 4) is 0 Å². The molecule has 20 heavy (non-hydrogen) atoms. The molecule has 0 aliphatic rings. The molecule has 2 aromatic rings. The van der Waals surface area contributed by atoms with Crippen LogP contribution in [-0.2, 0) is 13.0 Å². The number of hydrogen-bond acceptors (Lipinski definition) is 2. The molecule has 1 atom stereocenters. The van der Waals surface area contributed by atoms with Crippen molar-refractivity contribution >= 4 is 34.2 Å². The van der Waals surface area contributed by atoms with Gasteiger partial charge in [0, 0.05) is 40.0 Å². The Balaban J connectivity index is 2.24. The number of imidazole rings is 1. The highest BCUT2D eigenvalue weighted by atomic mass is 127. The van der Waals surface area contributed by atoms with E-state index in [-0.39, 0.29) is 6.04 Å². The van der Waals surface area contributed by atoms with Gasteiger partial charge in [0.25, 0.3) is 0 Å². The summed E-state index contributed by atoms with van der Waals surface area (Å²) in [6, 6.07) is 6.24. The predicted molar refractivity (Wildman–Crippen MR) is 92.2 cm³/mol. The molecule has 1 heterocycles. The molecule has 0 radical (unpaired) electrons. The SMILES string of the molecule is CCCn1ccnc1CC(NC)c1cc(Cl)ccc1I. The Bertz CT molecular complexity index is 568. The number of likely N-dealkylation sites (N-methyl/N-ethyl adjacent to an activating group) is 1. The van der Waals surface area contributed by atoms with E-state index in [0.29, 0.717) is 0 Å². The number of halogens is 2. The van der Waals surface area contributed by atoms with E-state index in [0.717, 1.165) is 30.2 Å². The molecule has 0 bridgehead atoms. The first-order valence-electron chi connectivity index (χ1n) is 6.78. The summed E-state index contributed by atoms with van der Waals surface area (Å²) < 4.78 is 3.45. The molecule has 0 spiro atoms. The highest BCUT2D eigenvalue weighted by Crippen LogP contribution is 2.26. The molecule has 108 valence electrons. The Morgan fingerprint density at radius 1 is 1.45 bits per heavy atom. The third kappa shape index (κ3) is 3.74. The van der Waals surface area contributed by atoms with Crippen molar-refractivity contribution in [3.05, 3.63) is 50.6 Å². The number of aryl methyl sites for hydroxylation is 1. The Morgan fingerprint density at radius 3 is 2.95 bits per heavy atom. The fraction of sp³-hybridized carbons (Fsp3) is 0.400. The van der Waals surface area contributed by atoms with Crippen LogP contribution >= 0.6 is 34.2 Å². The third-order valence-electron chi connectivity index (χ3n) is 3.33. The van der Waals surface area contributed by atoms with Crippen LogP contribution in [0.5, 0.6) is 0 Å². The second-order valence-electron chi connectivity index (χ2n) is 4.75. The normalized spacial score (nSPS) is 12.6. The number of aromatic nitrogens is 2. The number of benzene rings is 1. The summed E-state index contributed by atoms with van der Waals surface area (Å²) in [4.78, 5) is 4.49. The molecular weight excluding hydrogens is 385 g/mol. The molecule has 0 aliphatic heterocycles. The van der Waals surface area contributed by atoms with Crippen molar-refractivity contribution in [1.29, 1.82) is 0 Å². The molecule has 3 nitrogen and oxygen atoms in total. The van der Waals surface area contributed by atoms with Gasteiger partial charge in [-0.05, 0) is 59.8 Å². The number of rotatable bonds is 6. The molecular formula is C15H19ClIN3. The van der Waals surface area contributed by atoms with Crippen LogP contribution in [0.2, 0.25) is 5.02 Å². The van der Waals surface area contributed by atoms with Crippen LogP contribution in [0.15, 0.2) is 30.6 Å². The van der Waals surface area contributed by atoms with Gasteiger partial charge in [-0.1, -0.05) is 18.5 Å². The lowest BCUT2D eigenvalue weighted by Crippen LogP contribution is -2.21.